The highest BCUT2D eigenvalue weighted by molar-refractivity contribution is 6.32. The van der Waals surface area contributed by atoms with Crippen molar-refractivity contribution in [3.05, 3.63) is 10.4 Å². The highest BCUT2D eigenvalue weighted by atomic mass is 35.5. The third kappa shape index (κ3) is 3.98. The van der Waals surface area contributed by atoms with Crippen molar-refractivity contribution in [1.82, 2.24) is 20.5 Å². The van der Waals surface area contributed by atoms with Crippen molar-refractivity contribution in [2.24, 2.45) is 0 Å². The minimum absolute atomic E-state index is 0.0133. The van der Waals surface area contributed by atoms with Gasteiger partial charge in [-0.15, -0.1) is 10.2 Å². The Morgan fingerprint density at radius 2 is 2.12 bits per heavy atom. The smallest absolute Gasteiger partial charge is 0.245 e. The zero-order valence-corrected chi connectivity index (χ0v) is 10.4. The molecular weight excluding hydrogens is 265 g/mol. The van der Waals surface area contributed by atoms with E-state index in [9.17, 15) is 4.79 Å². The number of aromatic nitrogens is 3. The van der Waals surface area contributed by atoms with E-state index in [0.29, 0.717) is 24.8 Å². The zero-order valence-electron chi connectivity index (χ0n) is 8.91. The first-order valence-electron chi connectivity index (χ1n) is 5.24. The van der Waals surface area contributed by atoms with Gasteiger partial charge in [0, 0.05) is 19.0 Å². The van der Waals surface area contributed by atoms with Crippen molar-refractivity contribution in [3.63, 3.8) is 0 Å². The van der Waals surface area contributed by atoms with Gasteiger partial charge in [0.25, 0.3) is 0 Å². The van der Waals surface area contributed by atoms with Crippen LogP contribution in [0.15, 0.2) is 0 Å². The molecule has 1 aliphatic carbocycles. The van der Waals surface area contributed by atoms with Gasteiger partial charge in [0.15, 0.2) is 11.0 Å². The van der Waals surface area contributed by atoms with E-state index in [1.54, 1.807) is 0 Å². The van der Waals surface area contributed by atoms with Gasteiger partial charge >= 0.3 is 0 Å². The van der Waals surface area contributed by atoms with Crippen molar-refractivity contribution >= 4 is 34.9 Å². The number of carbonyl (C=O) groups is 1. The summed E-state index contributed by atoms with van der Waals surface area (Å²) in [7, 11) is 0. The fraction of sp³-hybridized carbons (Fsp3) is 0.556. The van der Waals surface area contributed by atoms with Gasteiger partial charge in [-0.25, -0.2) is 0 Å². The molecule has 1 aromatic heterocycles. The normalized spacial score (nSPS) is 14.5. The number of carbonyl (C=O) groups excluding carboxylic acids is 1. The molecule has 0 spiro atoms. The Morgan fingerprint density at radius 1 is 1.35 bits per heavy atom. The van der Waals surface area contributed by atoms with Crippen LogP contribution in [0.5, 0.6) is 0 Å². The van der Waals surface area contributed by atoms with Crippen molar-refractivity contribution in [1.29, 1.82) is 0 Å². The maximum Gasteiger partial charge on any atom is 0.245 e. The summed E-state index contributed by atoms with van der Waals surface area (Å²) in [6, 6.07) is 0.376. The Balaban J connectivity index is 1.76. The lowest BCUT2D eigenvalue weighted by Gasteiger charge is -2.06. The van der Waals surface area contributed by atoms with E-state index in [0.717, 1.165) is 12.8 Å². The lowest BCUT2D eigenvalue weighted by molar-refractivity contribution is -0.120. The molecule has 0 aliphatic heterocycles. The summed E-state index contributed by atoms with van der Waals surface area (Å²) in [6.07, 6.45) is 2.52. The molecule has 1 aliphatic rings. The van der Waals surface area contributed by atoms with E-state index in [4.69, 9.17) is 23.2 Å². The van der Waals surface area contributed by atoms with Crippen molar-refractivity contribution in [2.75, 3.05) is 11.9 Å². The summed E-state index contributed by atoms with van der Waals surface area (Å²) in [5, 5.41) is 13.0. The number of nitrogens with zero attached hydrogens (tertiary/aromatic N) is 3. The largest absolute Gasteiger partial charge is 0.367 e. The number of hydrogen-bond donors (Lipinski definition) is 2. The molecule has 1 saturated carbocycles. The van der Waals surface area contributed by atoms with E-state index in [1.807, 2.05) is 0 Å². The third-order valence-corrected chi connectivity index (χ3v) is 2.62. The van der Waals surface area contributed by atoms with Crippen LogP contribution in [0.2, 0.25) is 10.4 Å². The van der Waals surface area contributed by atoms with Crippen LogP contribution in [0.4, 0.5) is 5.82 Å². The predicted molar refractivity (Wildman–Crippen MR) is 64.1 cm³/mol. The van der Waals surface area contributed by atoms with Gasteiger partial charge in [-0.3, -0.25) is 4.79 Å². The number of hydrogen-bond acceptors (Lipinski definition) is 5. The van der Waals surface area contributed by atoms with E-state index in [-0.39, 0.29) is 16.3 Å². The highest BCUT2D eigenvalue weighted by Crippen LogP contribution is 2.19. The molecule has 8 heteroatoms. The first-order valence-corrected chi connectivity index (χ1v) is 5.99. The summed E-state index contributed by atoms with van der Waals surface area (Å²) in [5.74, 6) is 0.357. The molecule has 1 heterocycles. The standard InChI is InChI=1S/C9H11Cl2N5O/c10-7-8(14-9(11)16-15-7)12-4-3-6(17)13-5-1-2-5/h5H,1-4H2,(H,13,17)(H,12,14,16). The van der Waals surface area contributed by atoms with Crippen LogP contribution in [0.25, 0.3) is 0 Å². The lowest BCUT2D eigenvalue weighted by atomic mass is 10.4. The van der Waals surface area contributed by atoms with E-state index in [1.165, 1.54) is 0 Å². The minimum Gasteiger partial charge on any atom is -0.367 e. The highest BCUT2D eigenvalue weighted by Gasteiger charge is 2.22. The van der Waals surface area contributed by atoms with Gasteiger partial charge in [0.1, 0.15) is 0 Å². The molecule has 0 radical (unpaired) electrons. The summed E-state index contributed by atoms with van der Waals surface area (Å²) in [6.45, 7) is 0.424. The van der Waals surface area contributed by atoms with Crippen LogP contribution in [0.1, 0.15) is 19.3 Å². The van der Waals surface area contributed by atoms with Crippen LogP contribution in [0, 0.1) is 0 Å². The van der Waals surface area contributed by atoms with Gasteiger partial charge in [0.05, 0.1) is 0 Å². The number of anilines is 1. The number of amides is 1. The Bertz CT molecular complexity index is 424. The first kappa shape index (κ1) is 12.3. The molecule has 0 aromatic carbocycles. The molecule has 1 fully saturated rings. The van der Waals surface area contributed by atoms with Crippen molar-refractivity contribution < 1.29 is 4.79 Å². The van der Waals surface area contributed by atoms with Crippen LogP contribution in [-0.4, -0.2) is 33.7 Å². The molecule has 17 heavy (non-hydrogen) atoms. The molecule has 0 bridgehead atoms. The maximum absolute atomic E-state index is 11.4. The minimum atomic E-state index is 0.0133. The molecule has 92 valence electrons. The molecule has 6 nitrogen and oxygen atoms in total. The SMILES string of the molecule is O=C(CCNc1nc(Cl)nnc1Cl)NC1CC1. The summed E-state index contributed by atoms with van der Waals surface area (Å²) < 4.78 is 0. The van der Waals surface area contributed by atoms with Gasteiger partial charge < -0.3 is 10.6 Å². The lowest BCUT2D eigenvalue weighted by Crippen LogP contribution is -2.27. The quantitative estimate of drug-likeness (QED) is 0.846. The molecule has 2 rings (SSSR count). The van der Waals surface area contributed by atoms with Crippen LogP contribution < -0.4 is 10.6 Å². The molecule has 0 saturated heterocycles. The van der Waals surface area contributed by atoms with Gasteiger partial charge in [0.2, 0.25) is 11.2 Å². The second kappa shape index (κ2) is 5.46. The van der Waals surface area contributed by atoms with Crippen LogP contribution in [-0.2, 0) is 4.79 Å². The van der Waals surface area contributed by atoms with Crippen molar-refractivity contribution in [2.45, 2.75) is 25.3 Å². The van der Waals surface area contributed by atoms with Gasteiger partial charge in [-0.2, -0.15) is 4.98 Å². The van der Waals surface area contributed by atoms with E-state index >= 15 is 0 Å². The molecule has 1 aromatic rings. The fourth-order valence-corrected chi connectivity index (χ4v) is 1.50. The predicted octanol–water partition coefficient (Wildman–Crippen LogP) is 1.26. The average molecular weight is 276 g/mol. The molecular formula is C9H11Cl2N5O. The Morgan fingerprint density at radius 3 is 2.82 bits per heavy atom. The zero-order chi connectivity index (χ0) is 12.3. The summed E-state index contributed by atoms with van der Waals surface area (Å²) >= 11 is 11.3. The number of halogens is 2. The Hall–Kier alpha value is -1.14. The number of rotatable bonds is 5. The topological polar surface area (TPSA) is 79.8 Å². The maximum atomic E-state index is 11.4. The van der Waals surface area contributed by atoms with Crippen molar-refractivity contribution in [3.8, 4) is 0 Å². The first-order chi connectivity index (χ1) is 8.15. The fourth-order valence-electron chi connectivity index (χ4n) is 1.23. The second-order valence-corrected chi connectivity index (χ2v) is 4.43. The third-order valence-electron chi connectivity index (χ3n) is 2.21. The van der Waals surface area contributed by atoms with Gasteiger partial charge in [-0.05, 0) is 24.4 Å². The monoisotopic (exact) mass is 275 g/mol. The number of nitrogens with one attached hydrogen (secondary N) is 2. The molecule has 0 atom stereocenters. The molecule has 2 N–H and O–H groups in total. The van der Waals surface area contributed by atoms with E-state index in [2.05, 4.69) is 25.8 Å². The van der Waals surface area contributed by atoms with Crippen LogP contribution >= 0.6 is 23.2 Å². The Labute approximate surface area is 108 Å². The van der Waals surface area contributed by atoms with E-state index < -0.39 is 0 Å². The summed E-state index contributed by atoms with van der Waals surface area (Å²) in [4.78, 5) is 15.2. The second-order valence-electron chi connectivity index (χ2n) is 3.74. The average Bonchev–Trinajstić information content (AvgIpc) is 3.07. The van der Waals surface area contributed by atoms with Gasteiger partial charge in [-0.1, -0.05) is 11.6 Å². The summed E-state index contributed by atoms with van der Waals surface area (Å²) in [5.41, 5.74) is 0. The Kier molecular flexibility index (Phi) is 3.96. The molecule has 0 unspecified atom stereocenters. The van der Waals surface area contributed by atoms with Crippen LogP contribution in [0.3, 0.4) is 0 Å². The molecule has 1 amide bonds.